The lowest BCUT2D eigenvalue weighted by Gasteiger charge is -2.18. The molecule has 0 saturated carbocycles. The Hall–Kier alpha value is -1.98. The molecule has 6 heteroatoms. The van der Waals surface area contributed by atoms with Crippen LogP contribution in [0.5, 0.6) is 0 Å². The number of hydrogen-bond donors (Lipinski definition) is 1. The molecule has 0 amide bonds. The summed E-state index contributed by atoms with van der Waals surface area (Å²) in [5.41, 5.74) is 1.27. The first-order valence-corrected chi connectivity index (χ1v) is 4.79. The minimum absolute atomic E-state index is 0.117. The van der Waals surface area contributed by atoms with Gasteiger partial charge in [-0.25, -0.2) is 4.79 Å². The van der Waals surface area contributed by atoms with Gasteiger partial charge in [0.2, 0.25) is 0 Å². The van der Waals surface area contributed by atoms with Crippen molar-refractivity contribution in [2.45, 2.75) is 12.7 Å². The molecule has 0 spiro atoms. The number of halogens is 3. The minimum atomic E-state index is -4.99. The number of benzene rings is 1. The van der Waals surface area contributed by atoms with Crippen molar-refractivity contribution in [3.63, 3.8) is 0 Å². The van der Waals surface area contributed by atoms with Crippen LogP contribution < -0.4 is 5.32 Å². The highest BCUT2D eigenvalue weighted by molar-refractivity contribution is 5.83. The van der Waals surface area contributed by atoms with Gasteiger partial charge >= 0.3 is 12.1 Å². The summed E-state index contributed by atoms with van der Waals surface area (Å²) in [7, 11) is 0. The lowest BCUT2D eigenvalue weighted by molar-refractivity contribution is -0.192. The second-order valence-electron chi connectivity index (χ2n) is 3.43. The first kappa shape index (κ1) is 11.5. The van der Waals surface area contributed by atoms with Crippen molar-refractivity contribution in [3.8, 4) is 0 Å². The summed E-state index contributed by atoms with van der Waals surface area (Å²) in [6, 6.07) is 6.77. The summed E-state index contributed by atoms with van der Waals surface area (Å²) in [5.74, 6) is -2.34. The number of nitrogens with one attached hydrogen (secondary N) is 1. The first-order valence-electron chi connectivity index (χ1n) is 4.79. The van der Waals surface area contributed by atoms with Crippen molar-refractivity contribution in [1.29, 1.82) is 0 Å². The van der Waals surface area contributed by atoms with Gasteiger partial charge in [0.1, 0.15) is 0 Å². The molecule has 0 aliphatic carbocycles. The molecule has 0 atom stereocenters. The van der Waals surface area contributed by atoms with Gasteiger partial charge in [0, 0.05) is 18.3 Å². The van der Waals surface area contributed by atoms with E-state index in [1.807, 2.05) is 0 Å². The molecule has 0 unspecified atom stereocenters. The number of hydrogen-bond acceptors (Lipinski definition) is 3. The Bertz CT molecular complexity index is 480. The molecule has 1 N–H and O–H groups in total. The van der Waals surface area contributed by atoms with Crippen molar-refractivity contribution in [3.05, 3.63) is 41.6 Å². The molecule has 1 aromatic carbocycles. The SMILES string of the molecule is O=C(OC1=CNCc2ccccc21)C(F)(F)F. The van der Waals surface area contributed by atoms with Crippen molar-refractivity contribution >= 4 is 11.7 Å². The Labute approximate surface area is 94.9 Å². The van der Waals surface area contributed by atoms with Gasteiger partial charge in [0.05, 0.1) is 0 Å². The Kier molecular flexibility index (Phi) is 2.79. The highest BCUT2D eigenvalue weighted by Crippen LogP contribution is 2.26. The fourth-order valence-electron chi connectivity index (χ4n) is 1.49. The Morgan fingerprint density at radius 2 is 2.00 bits per heavy atom. The zero-order chi connectivity index (χ0) is 12.5. The summed E-state index contributed by atoms with van der Waals surface area (Å²) in [6.07, 6.45) is -3.74. The summed E-state index contributed by atoms with van der Waals surface area (Å²) in [4.78, 5) is 10.7. The number of ether oxygens (including phenoxy) is 1. The van der Waals surface area contributed by atoms with E-state index in [0.717, 1.165) is 5.56 Å². The maximum absolute atomic E-state index is 12.1. The number of carbonyl (C=O) groups is 1. The fraction of sp³-hybridized carbons (Fsp3) is 0.182. The molecule has 0 bridgehead atoms. The zero-order valence-corrected chi connectivity index (χ0v) is 8.54. The van der Waals surface area contributed by atoms with Crippen molar-refractivity contribution in [1.82, 2.24) is 5.32 Å². The fourth-order valence-corrected chi connectivity index (χ4v) is 1.49. The highest BCUT2D eigenvalue weighted by atomic mass is 19.4. The molecule has 1 aliphatic heterocycles. The number of esters is 1. The van der Waals surface area contributed by atoms with E-state index in [1.165, 1.54) is 6.20 Å². The average molecular weight is 243 g/mol. The van der Waals surface area contributed by atoms with Crippen molar-refractivity contribution in [2.75, 3.05) is 0 Å². The molecule has 90 valence electrons. The van der Waals surface area contributed by atoms with E-state index < -0.39 is 12.1 Å². The Morgan fingerprint density at radius 1 is 1.29 bits per heavy atom. The highest BCUT2D eigenvalue weighted by Gasteiger charge is 2.42. The minimum Gasteiger partial charge on any atom is -0.418 e. The second kappa shape index (κ2) is 4.12. The molecular formula is C11H8F3NO2. The maximum atomic E-state index is 12.1. The monoisotopic (exact) mass is 243 g/mol. The van der Waals surface area contributed by atoms with Crippen LogP contribution in [0.25, 0.3) is 5.76 Å². The van der Waals surface area contributed by atoms with Crippen LogP contribution >= 0.6 is 0 Å². The normalized spacial score (nSPS) is 14.4. The molecule has 1 aromatic rings. The molecule has 0 fully saturated rings. The molecule has 0 radical (unpaired) electrons. The van der Waals surface area contributed by atoms with Crippen molar-refractivity contribution < 1.29 is 22.7 Å². The zero-order valence-electron chi connectivity index (χ0n) is 8.54. The molecule has 1 heterocycles. The first-order chi connectivity index (χ1) is 7.98. The van der Waals surface area contributed by atoms with Crippen molar-refractivity contribution in [2.24, 2.45) is 0 Å². The van der Waals surface area contributed by atoms with Gasteiger partial charge in [-0.15, -0.1) is 0 Å². The largest absolute Gasteiger partial charge is 0.491 e. The predicted octanol–water partition coefficient (Wildman–Crippen LogP) is 2.19. The van der Waals surface area contributed by atoms with Crippen LogP contribution in [0.1, 0.15) is 11.1 Å². The van der Waals surface area contributed by atoms with E-state index in [4.69, 9.17) is 0 Å². The number of carbonyl (C=O) groups excluding carboxylic acids is 1. The number of alkyl halides is 3. The average Bonchev–Trinajstić information content (AvgIpc) is 2.28. The van der Waals surface area contributed by atoms with E-state index in [-0.39, 0.29) is 5.76 Å². The molecule has 0 aromatic heterocycles. The smallest absolute Gasteiger partial charge is 0.418 e. The molecule has 2 rings (SSSR count). The van der Waals surface area contributed by atoms with Crippen LogP contribution in [0.2, 0.25) is 0 Å². The predicted molar refractivity (Wildman–Crippen MR) is 53.4 cm³/mol. The third-order valence-corrected chi connectivity index (χ3v) is 2.24. The molecule has 1 aliphatic rings. The van der Waals surface area contributed by atoms with E-state index in [2.05, 4.69) is 10.1 Å². The third-order valence-electron chi connectivity index (χ3n) is 2.24. The maximum Gasteiger partial charge on any atom is 0.491 e. The molecule has 3 nitrogen and oxygen atoms in total. The summed E-state index contributed by atoms with van der Waals surface area (Å²) >= 11 is 0. The summed E-state index contributed by atoms with van der Waals surface area (Å²) < 4.78 is 40.5. The Balaban J connectivity index is 2.24. The van der Waals surface area contributed by atoms with Gasteiger partial charge < -0.3 is 10.1 Å². The topological polar surface area (TPSA) is 38.3 Å². The molecular weight excluding hydrogens is 235 g/mol. The van der Waals surface area contributed by atoms with Crippen LogP contribution in [0.15, 0.2) is 30.5 Å². The standard InChI is InChI=1S/C11H8F3NO2/c12-11(13,14)10(16)17-9-6-15-5-7-3-1-2-4-8(7)9/h1-4,6,15H,5H2. The van der Waals surface area contributed by atoms with E-state index in [1.54, 1.807) is 24.3 Å². The van der Waals surface area contributed by atoms with E-state index >= 15 is 0 Å². The number of rotatable bonds is 1. The van der Waals surface area contributed by atoms with Crippen LogP contribution in [0.4, 0.5) is 13.2 Å². The van der Waals surface area contributed by atoms with Gasteiger partial charge in [0.15, 0.2) is 5.76 Å². The van der Waals surface area contributed by atoms with Gasteiger partial charge in [-0.1, -0.05) is 24.3 Å². The van der Waals surface area contributed by atoms with Crippen LogP contribution in [-0.2, 0) is 16.1 Å². The quantitative estimate of drug-likeness (QED) is 0.768. The summed E-state index contributed by atoms with van der Waals surface area (Å²) in [5, 5.41) is 2.74. The third kappa shape index (κ3) is 2.41. The lowest BCUT2D eigenvalue weighted by atomic mass is 10.0. The Morgan fingerprint density at radius 3 is 2.71 bits per heavy atom. The van der Waals surface area contributed by atoms with Gasteiger partial charge in [-0.2, -0.15) is 13.2 Å². The lowest BCUT2D eigenvalue weighted by Crippen LogP contribution is -2.26. The van der Waals surface area contributed by atoms with Gasteiger partial charge in [0.25, 0.3) is 0 Å². The van der Waals surface area contributed by atoms with E-state index in [0.29, 0.717) is 12.1 Å². The van der Waals surface area contributed by atoms with Crippen LogP contribution in [-0.4, -0.2) is 12.1 Å². The van der Waals surface area contributed by atoms with E-state index in [9.17, 15) is 18.0 Å². The van der Waals surface area contributed by atoms with Crippen LogP contribution in [0.3, 0.4) is 0 Å². The van der Waals surface area contributed by atoms with Crippen LogP contribution in [0, 0.1) is 0 Å². The van der Waals surface area contributed by atoms with Gasteiger partial charge in [-0.3, -0.25) is 0 Å². The van der Waals surface area contributed by atoms with Gasteiger partial charge in [-0.05, 0) is 5.56 Å². The summed E-state index contributed by atoms with van der Waals surface area (Å²) in [6.45, 7) is 0.489. The molecule has 0 saturated heterocycles. The molecule has 17 heavy (non-hydrogen) atoms. The number of fused-ring (bicyclic) bond motifs is 1. The second-order valence-corrected chi connectivity index (χ2v) is 3.43.